The number of aliphatic hydroxyl groups excluding tert-OH is 1. The summed E-state index contributed by atoms with van der Waals surface area (Å²) in [5, 5.41) is 19.7. The van der Waals surface area contributed by atoms with Crippen LogP contribution < -0.4 is 4.74 Å². The number of amides is 1. The Labute approximate surface area is 171 Å². The number of carbonyl (C=O) groups excluding carboxylic acids is 1. The zero-order valence-electron chi connectivity index (χ0n) is 16.6. The average Bonchev–Trinajstić information content (AvgIpc) is 3.29. The van der Waals surface area contributed by atoms with Gasteiger partial charge in [0.2, 0.25) is 5.91 Å². The van der Waals surface area contributed by atoms with E-state index in [1.54, 1.807) is 12.0 Å². The number of ether oxygens (including phenoxy) is 1. The van der Waals surface area contributed by atoms with Crippen molar-refractivity contribution in [1.29, 1.82) is 5.26 Å². The molecule has 0 radical (unpaired) electrons. The van der Waals surface area contributed by atoms with Crippen LogP contribution in [-0.2, 0) is 4.79 Å². The van der Waals surface area contributed by atoms with E-state index < -0.39 is 6.04 Å². The summed E-state index contributed by atoms with van der Waals surface area (Å²) in [6.07, 6.45) is 3.93. The number of likely N-dealkylation sites (tertiary alicyclic amines) is 1. The van der Waals surface area contributed by atoms with E-state index >= 15 is 0 Å². The molecular weight excluding hydrogens is 364 g/mol. The fourth-order valence-corrected chi connectivity index (χ4v) is 4.78. The summed E-state index contributed by atoms with van der Waals surface area (Å²) < 4.78 is 5.21. The highest BCUT2D eigenvalue weighted by atomic mass is 16.5. The van der Waals surface area contributed by atoms with E-state index in [1.165, 1.54) is 0 Å². The van der Waals surface area contributed by atoms with Gasteiger partial charge in [0.25, 0.3) is 0 Å². The first-order chi connectivity index (χ1) is 14.2. The van der Waals surface area contributed by atoms with Crippen LogP contribution in [0.25, 0.3) is 11.1 Å². The summed E-state index contributed by atoms with van der Waals surface area (Å²) >= 11 is 0. The molecule has 2 fully saturated rings. The molecule has 1 aliphatic heterocycles. The first kappa shape index (κ1) is 19.5. The van der Waals surface area contributed by atoms with Crippen molar-refractivity contribution in [2.45, 2.75) is 43.7 Å². The second kappa shape index (κ2) is 8.26. The zero-order chi connectivity index (χ0) is 20.4. The molecule has 0 bridgehead atoms. The van der Waals surface area contributed by atoms with Crippen LogP contribution in [0.1, 0.15) is 37.2 Å². The van der Waals surface area contributed by atoms with Crippen LogP contribution in [0.4, 0.5) is 0 Å². The number of methoxy groups -OCH3 is 1. The second-order valence-electron chi connectivity index (χ2n) is 7.93. The largest absolute Gasteiger partial charge is 0.497 e. The third-order valence-electron chi connectivity index (χ3n) is 6.41. The molecule has 2 aromatic rings. The topological polar surface area (TPSA) is 73.6 Å². The molecule has 1 saturated heterocycles. The van der Waals surface area contributed by atoms with Gasteiger partial charge in [-0.3, -0.25) is 4.79 Å². The van der Waals surface area contributed by atoms with Gasteiger partial charge in [-0.25, -0.2) is 0 Å². The quantitative estimate of drug-likeness (QED) is 0.844. The highest BCUT2D eigenvalue weighted by molar-refractivity contribution is 5.82. The molecule has 1 aliphatic carbocycles. The van der Waals surface area contributed by atoms with Crippen molar-refractivity contribution in [1.82, 2.24) is 4.90 Å². The number of nitriles is 1. The van der Waals surface area contributed by atoms with Crippen LogP contribution in [-0.4, -0.2) is 41.7 Å². The smallest absolute Gasteiger partial charge is 0.227 e. The Morgan fingerprint density at radius 2 is 1.69 bits per heavy atom. The lowest BCUT2D eigenvalue weighted by Crippen LogP contribution is -2.66. The predicted octanol–water partition coefficient (Wildman–Crippen LogP) is 3.73. The lowest BCUT2D eigenvalue weighted by molar-refractivity contribution is -0.151. The van der Waals surface area contributed by atoms with Gasteiger partial charge in [0, 0.05) is 11.8 Å². The molecule has 1 N–H and O–H groups in total. The highest BCUT2D eigenvalue weighted by Gasteiger charge is 2.52. The van der Waals surface area contributed by atoms with Crippen molar-refractivity contribution in [3.05, 3.63) is 54.1 Å². The predicted molar refractivity (Wildman–Crippen MR) is 110 cm³/mol. The molecule has 0 spiro atoms. The lowest BCUT2D eigenvalue weighted by Gasteiger charge is -2.52. The van der Waals surface area contributed by atoms with E-state index in [0.717, 1.165) is 48.1 Å². The summed E-state index contributed by atoms with van der Waals surface area (Å²) in [5.41, 5.74) is 3.14. The number of nitrogens with zero attached hydrogens (tertiary/aromatic N) is 2. The molecule has 5 nitrogen and oxygen atoms in total. The molecule has 0 aromatic heterocycles. The maximum atomic E-state index is 12.9. The molecule has 1 saturated carbocycles. The minimum absolute atomic E-state index is 0.0123. The van der Waals surface area contributed by atoms with E-state index in [4.69, 9.17) is 4.74 Å². The Kier molecular flexibility index (Phi) is 5.55. The van der Waals surface area contributed by atoms with Crippen molar-refractivity contribution in [3.63, 3.8) is 0 Å². The molecule has 2 aromatic carbocycles. The third kappa shape index (κ3) is 3.49. The summed E-state index contributed by atoms with van der Waals surface area (Å²) in [5.74, 6) is 0.715. The van der Waals surface area contributed by atoms with E-state index in [0.29, 0.717) is 0 Å². The minimum atomic E-state index is -0.507. The molecule has 3 atom stereocenters. The molecular formula is C24H26N2O3. The van der Waals surface area contributed by atoms with E-state index in [9.17, 15) is 15.2 Å². The Bertz CT molecular complexity index is 895. The van der Waals surface area contributed by atoms with Crippen molar-refractivity contribution < 1.29 is 14.6 Å². The van der Waals surface area contributed by atoms with Crippen molar-refractivity contribution in [2.75, 3.05) is 13.7 Å². The van der Waals surface area contributed by atoms with Gasteiger partial charge in [-0.2, -0.15) is 5.26 Å². The molecule has 0 unspecified atom stereocenters. The van der Waals surface area contributed by atoms with Gasteiger partial charge in [-0.15, -0.1) is 0 Å². The Hall–Kier alpha value is -2.84. The molecule has 1 heterocycles. The van der Waals surface area contributed by atoms with Gasteiger partial charge in [0.1, 0.15) is 11.8 Å². The summed E-state index contributed by atoms with van der Waals surface area (Å²) in [6.45, 7) is -0.123. The minimum Gasteiger partial charge on any atom is -0.497 e. The number of carbonyl (C=O) groups is 1. The van der Waals surface area contributed by atoms with Gasteiger partial charge in [-0.1, -0.05) is 49.2 Å². The van der Waals surface area contributed by atoms with E-state index in [1.807, 2.05) is 48.5 Å². The van der Waals surface area contributed by atoms with Gasteiger partial charge in [0.15, 0.2) is 0 Å². The summed E-state index contributed by atoms with van der Waals surface area (Å²) in [7, 11) is 1.65. The fraction of sp³-hybridized carbons (Fsp3) is 0.417. The first-order valence-electron chi connectivity index (χ1n) is 10.2. The average molecular weight is 390 g/mol. The lowest BCUT2D eigenvalue weighted by atomic mass is 9.74. The number of hydrogen-bond acceptors (Lipinski definition) is 4. The SMILES string of the molecule is COc1ccc(-c2ccc([C@@H]3[C@@H](C#N)N(C(=O)C4CCCC4)[C@H]3CO)cc2)cc1. The van der Waals surface area contributed by atoms with Crippen LogP contribution in [0.5, 0.6) is 5.75 Å². The highest BCUT2D eigenvalue weighted by Crippen LogP contribution is 2.43. The normalized spacial score (nSPS) is 24.0. The van der Waals surface area contributed by atoms with Gasteiger partial charge in [0.05, 0.1) is 25.8 Å². The molecule has 2 aliphatic rings. The zero-order valence-corrected chi connectivity index (χ0v) is 16.6. The van der Waals surface area contributed by atoms with Crippen LogP contribution >= 0.6 is 0 Å². The van der Waals surface area contributed by atoms with Crippen molar-refractivity contribution in [2.24, 2.45) is 5.92 Å². The van der Waals surface area contributed by atoms with Gasteiger partial charge < -0.3 is 14.7 Å². The number of benzene rings is 2. The van der Waals surface area contributed by atoms with E-state index in [-0.39, 0.29) is 30.4 Å². The molecule has 150 valence electrons. The second-order valence-corrected chi connectivity index (χ2v) is 7.93. The van der Waals surface area contributed by atoms with Crippen LogP contribution in [0.3, 0.4) is 0 Å². The molecule has 4 rings (SSSR count). The van der Waals surface area contributed by atoms with Crippen molar-refractivity contribution in [3.8, 4) is 22.9 Å². The van der Waals surface area contributed by atoms with Crippen LogP contribution in [0.15, 0.2) is 48.5 Å². The third-order valence-corrected chi connectivity index (χ3v) is 6.41. The Morgan fingerprint density at radius 3 is 2.21 bits per heavy atom. The van der Waals surface area contributed by atoms with Gasteiger partial charge in [-0.05, 0) is 41.7 Å². The Balaban J connectivity index is 1.54. The summed E-state index contributed by atoms with van der Waals surface area (Å²) in [4.78, 5) is 14.5. The standard InChI is InChI=1S/C24H26N2O3/c1-29-20-12-10-17(11-13-20)16-6-8-18(9-7-16)23-21(14-25)26(22(23)15-27)24(28)19-4-2-3-5-19/h6-13,19,21-23,27H,2-5,15H2,1H3/t21-,22+,23-/m1/s1. The van der Waals surface area contributed by atoms with Crippen LogP contribution in [0.2, 0.25) is 0 Å². The molecule has 29 heavy (non-hydrogen) atoms. The maximum absolute atomic E-state index is 12.9. The van der Waals surface area contributed by atoms with Crippen molar-refractivity contribution >= 4 is 5.91 Å². The summed E-state index contributed by atoms with van der Waals surface area (Å²) in [6, 6.07) is 17.4. The van der Waals surface area contributed by atoms with E-state index in [2.05, 4.69) is 6.07 Å². The van der Waals surface area contributed by atoms with Crippen LogP contribution in [0, 0.1) is 17.2 Å². The molecule has 1 amide bonds. The number of aliphatic hydroxyl groups is 1. The molecule has 5 heteroatoms. The first-order valence-corrected chi connectivity index (χ1v) is 10.2. The number of hydrogen-bond donors (Lipinski definition) is 1. The monoisotopic (exact) mass is 390 g/mol. The Morgan fingerprint density at radius 1 is 1.10 bits per heavy atom. The fourth-order valence-electron chi connectivity index (χ4n) is 4.78. The number of rotatable bonds is 5. The van der Waals surface area contributed by atoms with Gasteiger partial charge >= 0.3 is 0 Å². The maximum Gasteiger partial charge on any atom is 0.227 e.